The maximum Gasteiger partial charge on any atom is 0.230 e. The maximum absolute atomic E-state index is 10.1. The van der Waals surface area contributed by atoms with Crippen molar-refractivity contribution >= 4 is 17.6 Å². The molecule has 0 bridgehead atoms. The van der Waals surface area contributed by atoms with E-state index in [1.807, 2.05) is 0 Å². The maximum atomic E-state index is 10.1. The highest BCUT2D eigenvalue weighted by Crippen LogP contribution is 2.90. The zero-order valence-corrected chi connectivity index (χ0v) is 12.7. The van der Waals surface area contributed by atoms with Gasteiger partial charge in [-0.05, 0) is 12.8 Å². The Hall–Kier alpha value is -1.24. The van der Waals surface area contributed by atoms with Crippen LogP contribution in [0, 0.1) is 38.9 Å². The van der Waals surface area contributed by atoms with Crippen LogP contribution in [0.4, 0.5) is 0 Å². The van der Waals surface area contributed by atoms with Crippen molar-refractivity contribution in [2.45, 2.75) is 43.6 Å². The highest BCUT2D eigenvalue weighted by atomic mass is 32.2. The third kappa shape index (κ3) is 1.08. The zero-order chi connectivity index (χ0) is 14.8. The van der Waals surface area contributed by atoms with E-state index in [1.54, 1.807) is 11.8 Å². The summed E-state index contributed by atoms with van der Waals surface area (Å²) in [6.07, 6.45) is 6.22. The van der Waals surface area contributed by atoms with E-state index < -0.39 is 15.9 Å². The van der Waals surface area contributed by atoms with Crippen LogP contribution in [0.1, 0.15) is 38.5 Å². The van der Waals surface area contributed by atoms with Gasteiger partial charge in [-0.1, -0.05) is 37.4 Å². The second-order valence-electron chi connectivity index (χ2n) is 6.50. The monoisotopic (exact) mass is 302 g/mol. The predicted octanol–water partition coefficient (Wildman–Crippen LogP) is 2.15. The lowest BCUT2D eigenvalue weighted by molar-refractivity contribution is 0.00558. The Bertz CT molecular complexity index is 604. The van der Waals surface area contributed by atoms with Gasteiger partial charge in [-0.3, -0.25) is 0 Å². The van der Waals surface area contributed by atoms with Gasteiger partial charge in [0.2, 0.25) is 5.06 Å². The van der Waals surface area contributed by atoms with Gasteiger partial charge in [-0.2, -0.15) is 10.5 Å². The molecule has 4 rings (SSSR count). The Kier molecular flexibility index (Phi) is 2.52. The third-order valence-corrected chi connectivity index (χ3v) is 7.31. The van der Waals surface area contributed by atoms with Crippen molar-refractivity contribution in [1.29, 1.82) is 10.5 Å². The molecule has 2 saturated carbocycles. The van der Waals surface area contributed by atoms with Crippen LogP contribution in [0.5, 0.6) is 0 Å². The molecule has 3 atom stereocenters. The van der Waals surface area contributed by atoms with E-state index in [2.05, 4.69) is 17.1 Å². The van der Waals surface area contributed by atoms with Crippen LogP contribution >= 0.6 is 11.8 Å². The number of nitriles is 2. The molecule has 0 aromatic rings. The molecule has 6 heteroatoms. The number of nitrogens with two attached hydrogens (primary N) is 1. The second kappa shape index (κ2) is 3.94. The lowest BCUT2D eigenvalue weighted by Crippen LogP contribution is -2.37. The topological polar surface area (TPSA) is 95.2 Å². The lowest BCUT2D eigenvalue weighted by atomic mass is 9.83. The molecule has 2 aliphatic heterocycles. The molecule has 110 valence electrons. The number of nitrogens with zero attached hydrogens (tertiary/aromatic N) is 3. The summed E-state index contributed by atoms with van der Waals surface area (Å²) in [6, 6.07) is 4.92. The molecule has 0 aromatic heterocycles. The van der Waals surface area contributed by atoms with E-state index in [0.717, 1.165) is 31.4 Å². The molecule has 4 aliphatic rings. The Labute approximate surface area is 128 Å². The molecular weight excluding hydrogens is 284 g/mol. The van der Waals surface area contributed by atoms with Crippen LogP contribution in [0.25, 0.3) is 0 Å². The van der Waals surface area contributed by atoms with E-state index in [4.69, 9.17) is 10.5 Å². The van der Waals surface area contributed by atoms with Gasteiger partial charge in [0.1, 0.15) is 11.3 Å². The van der Waals surface area contributed by atoms with Gasteiger partial charge < -0.3 is 10.5 Å². The first-order valence-electron chi connectivity index (χ1n) is 7.63. The quantitative estimate of drug-likeness (QED) is 0.739. The Morgan fingerprint density at radius 2 is 1.86 bits per heavy atom. The van der Waals surface area contributed by atoms with Crippen LogP contribution < -0.4 is 5.73 Å². The molecular formula is C15H18N4OS. The van der Waals surface area contributed by atoms with Crippen LogP contribution in [-0.4, -0.2) is 23.3 Å². The first-order chi connectivity index (χ1) is 10.2. The largest absolute Gasteiger partial charge is 0.386 e. The van der Waals surface area contributed by atoms with Gasteiger partial charge in [0.15, 0.2) is 5.41 Å². The SMILES string of the molecule is N#C[C@]12C3(CCCCCC3)[C@@]1(C#N)C(N)=N[C@@]21OCCS1. The Morgan fingerprint density at radius 1 is 1.14 bits per heavy atom. The van der Waals surface area contributed by atoms with Crippen molar-refractivity contribution in [3.63, 3.8) is 0 Å². The molecule has 2 N–H and O–H groups in total. The number of hydrogen-bond acceptors (Lipinski definition) is 6. The fraction of sp³-hybridized carbons (Fsp3) is 0.800. The summed E-state index contributed by atoms with van der Waals surface area (Å²) < 4.78 is 5.94. The summed E-state index contributed by atoms with van der Waals surface area (Å²) in [5, 5.41) is 19.1. The van der Waals surface area contributed by atoms with Crippen molar-refractivity contribution in [1.82, 2.24) is 0 Å². The van der Waals surface area contributed by atoms with Gasteiger partial charge in [-0.15, -0.1) is 0 Å². The summed E-state index contributed by atoms with van der Waals surface area (Å²) in [4.78, 5) is 4.51. The molecule has 21 heavy (non-hydrogen) atoms. The van der Waals surface area contributed by atoms with Gasteiger partial charge in [0.05, 0.1) is 18.7 Å². The highest BCUT2D eigenvalue weighted by Gasteiger charge is 2.99. The Morgan fingerprint density at radius 3 is 2.38 bits per heavy atom. The minimum absolute atomic E-state index is 0.336. The van der Waals surface area contributed by atoms with E-state index in [1.165, 1.54) is 12.8 Å². The standard InChI is InChI=1S/C15H18N4OS/c16-9-13-11(18)19-15(20-7-8-21-15)14(13,10-17)12(13)5-3-1-2-4-6-12/h1-8H2,(H2,18,19)/t13-,14+,15-/m1/s1. The van der Waals surface area contributed by atoms with Gasteiger partial charge in [0, 0.05) is 11.2 Å². The Balaban J connectivity index is 1.93. The first kappa shape index (κ1) is 13.4. The van der Waals surface area contributed by atoms with Gasteiger partial charge in [-0.25, -0.2) is 4.99 Å². The van der Waals surface area contributed by atoms with Crippen molar-refractivity contribution < 1.29 is 4.74 Å². The molecule has 5 nitrogen and oxygen atoms in total. The number of thioether (sulfide) groups is 1. The first-order valence-corrected chi connectivity index (χ1v) is 8.61. The average molecular weight is 302 g/mol. The number of ether oxygens (including phenoxy) is 1. The highest BCUT2D eigenvalue weighted by molar-refractivity contribution is 8.00. The smallest absolute Gasteiger partial charge is 0.230 e. The normalized spacial score (nSPS) is 46.5. The van der Waals surface area contributed by atoms with Crippen LogP contribution in [-0.2, 0) is 4.74 Å². The minimum Gasteiger partial charge on any atom is -0.386 e. The van der Waals surface area contributed by atoms with Gasteiger partial charge in [0.25, 0.3) is 0 Å². The fourth-order valence-corrected chi connectivity index (χ4v) is 6.65. The molecule has 0 amide bonds. The zero-order valence-electron chi connectivity index (χ0n) is 11.9. The van der Waals surface area contributed by atoms with E-state index in [9.17, 15) is 10.5 Å². The molecule has 3 fully saturated rings. The van der Waals surface area contributed by atoms with E-state index in [-0.39, 0.29) is 5.41 Å². The molecule has 2 spiro atoms. The summed E-state index contributed by atoms with van der Waals surface area (Å²) in [5.74, 6) is 1.14. The number of rotatable bonds is 0. The summed E-state index contributed by atoms with van der Waals surface area (Å²) in [7, 11) is 0. The van der Waals surface area contributed by atoms with E-state index >= 15 is 0 Å². The summed E-state index contributed by atoms with van der Waals surface area (Å²) >= 11 is 1.55. The fourth-order valence-electron chi connectivity index (χ4n) is 5.27. The number of aliphatic imine (C=N–C) groups is 1. The van der Waals surface area contributed by atoms with Crippen molar-refractivity contribution in [2.24, 2.45) is 27.0 Å². The number of fused-ring (bicyclic) bond motifs is 4. The molecule has 0 unspecified atom stereocenters. The molecule has 2 heterocycles. The van der Waals surface area contributed by atoms with E-state index in [0.29, 0.717) is 12.4 Å². The number of hydrogen-bond donors (Lipinski definition) is 1. The van der Waals surface area contributed by atoms with Crippen molar-refractivity contribution in [3.8, 4) is 12.1 Å². The molecule has 2 aliphatic carbocycles. The third-order valence-electron chi connectivity index (χ3n) is 6.03. The van der Waals surface area contributed by atoms with Crippen LogP contribution in [0.15, 0.2) is 4.99 Å². The number of amidine groups is 1. The molecule has 1 saturated heterocycles. The molecule has 0 radical (unpaired) electrons. The lowest BCUT2D eigenvalue weighted by Gasteiger charge is -2.31. The van der Waals surface area contributed by atoms with Gasteiger partial charge >= 0.3 is 0 Å². The predicted molar refractivity (Wildman–Crippen MR) is 79.0 cm³/mol. The van der Waals surface area contributed by atoms with Crippen LogP contribution in [0.3, 0.4) is 0 Å². The summed E-state index contributed by atoms with van der Waals surface area (Å²) in [5.41, 5.74) is 4.04. The average Bonchev–Trinajstić information content (AvgIpc) is 2.72. The van der Waals surface area contributed by atoms with Crippen molar-refractivity contribution in [2.75, 3.05) is 12.4 Å². The second-order valence-corrected chi connectivity index (χ2v) is 7.75. The van der Waals surface area contributed by atoms with Crippen molar-refractivity contribution in [3.05, 3.63) is 0 Å². The summed E-state index contributed by atoms with van der Waals surface area (Å²) in [6.45, 7) is 0.572. The molecule has 0 aromatic carbocycles. The minimum atomic E-state index is -0.939. The van der Waals surface area contributed by atoms with Crippen LogP contribution in [0.2, 0.25) is 0 Å².